The molecular weight excluding hydrogens is 585 g/mol. The van der Waals surface area contributed by atoms with Gasteiger partial charge in [-0.1, -0.05) is 28.4 Å². The summed E-state index contributed by atoms with van der Waals surface area (Å²) >= 11 is 14.9. The number of pyridine rings is 1. The maximum Gasteiger partial charge on any atom is 0.306 e. The topological polar surface area (TPSA) is 82.5 Å². The van der Waals surface area contributed by atoms with E-state index < -0.39 is 11.5 Å². The van der Waals surface area contributed by atoms with Gasteiger partial charge >= 0.3 is 5.97 Å². The van der Waals surface area contributed by atoms with E-state index in [4.69, 9.17) is 32.5 Å². The number of fused-ring (bicyclic) bond motifs is 1. The monoisotopic (exact) mass is 604 g/mol. The van der Waals surface area contributed by atoms with Crippen LogP contribution in [0.3, 0.4) is 0 Å². The number of carbonyl (C=O) groups excluding carboxylic acids is 1. The van der Waals surface area contributed by atoms with Crippen LogP contribution in [0.5, 0.6) is 0 Å². The molecule has 0 amide bonds. The van der Waals surface area contributed by atoms with Crippen LogP contribution in [0.15, 0.2) is 45.5 Å². The van der Waals surface area contributed by atoms with Crippen molar-refractivity contribution in [3.05, 3.63) is 55.4 Å². The number of nitrogens with zero attached hydrogens (tertiary/aromatic N) is 4. The minimum atomic E-state index is -0.587. The Morgan fingerprint density at radius 1 is 1.33 bits per heavy atom. The normalized spacial score (nSPS) is 16.9. The summed E-state index contributed by atoms with van der Waals surface area (Å²) in [5.74, 6) is -0.904. The maximum atomic E-state index is 14.8. The van der Waals surface area contributed by atoms with Crippen LogP contribution in [-0.2, 0) is 9.53 Å². The molecule has 4 rings (SSSR count). The molecule has 1 aliphatic carbocycles. The van der Waals surface area contributed by atoms with E-state index in [1.807, 2.05) is 6.20 Å². The van der Waals surface area contributed by atoms with Gasteiger partial charge in [-0.25, -0.2) is 9.37 Å². The molecule has 0 bridgehead atoms. The lowest BCUT2D eigenvalue weighted by Gasteiger charge is -2.21. The molecule has 3 heterocycles. The Morgan fingerprint density at radius 2 is 2.09 bits per heavy atom. The summed E-state index contributed by atoms with van der Waals surface area (Å²) in [6.45, 7) is 5.36. The summed E-state index contributed by atoms with van der Waals surface area (Å²) in [7, 11) is 0. The molecule has 0 aliphatic heterocycles. The zero-order valence-electron chi connectivity index (χ0n) is 18.0. The molecule has 3 aromatic heterocycles. The predicted octanol–water partition coefficient (Wildman–Crippen LogP) is 6.60. The third kappa shape index (κ3) is 5.58. The molecule has 1 unspecified atom stereocenters. The van der Waals surface area contributed by atoms with E-state index in [2.05, 4.69) is 37.7 Å². The van der Waals surface area contributed by atoms with Gasteiger partial charge in [0.1, 0.15) is 17.1 Å². The third-order valence-electron chi connectivity index (χ3n) is 4.84. The molecular formula is C22H20Cl2FIN4O3. The van der Waals surface area contributed by atoms with Crippen molar-refractivity contribution < 1.29 is 18.4 Å². The van der Waals surface area contributed by atoms with Crippen LogP contribution in [-0.4, -0.2) is 31.1 Å². The van der Waals surface area contributed by atoms with Gasteiger partial charge in [0, 0.05) is 33.8 Å². The Balaban J connectivity index is 1.49. The first-order chi connectivity index (χ1) is 15.5. The number of hydrogen-bond donors (Lipinski definition) is 0. The van der Waals surface area contributed by atoms with E-state index >= 15 is 0 Å². The van der Waals surface area contributed by atoms with E-state index in [1.54, 1.807) is 37.4 Å². The maximum absolute atomic E-state index is 14.8. The van der Waals surface area contributed by atoms with Crippen molar-refractivity contribution in [1.29, 1.82) is 0 Å². The van der Waals surface area contributed by atoms with Gasteiger partial charge in [0.2, 0.25) is 0 Å². The highest BCUT2D eigenvalue weighted by Gasteiger charge is 2.29. The molecule has 174 valence electrons. The fourth-order valence-electron chi connectivity index (χ4n) is 3.41. The van der Waals surface area contributed by atoms with E-state index in [-0.39, 0.29) is 42.8 Å². The first-order valence-corrected chi connectivity index (χ1v) is 12.0. The molecule has 3 aromatic rings. The molecule has 1 atom stereocenters. The molecule has 0 aromatic carbocycles. The fraction of sp³-hybridized carbons (Fsp3) is 0.364. The van der Waals surface area contributed by atoms with Crippen LogP contribution in [0.25, 0.3) is 17.2 Å². The predicted molar refractivity (Wildman–Crippen MR) is 131 cm³/mol. The number of esters is 1. The van der Waals surface area contributed by atoms with Crippen molar-refractivity contribution in [3.63, 3.8) is 0 Å². The van der Waals surface area contributed by atoms with Crippen LogP contribution in [0.1, 0.15) is 51.8 Å². The van der Waals surface area contributed by atoms with Gasteiger partial charge in [0.15, 0.2) is 11.5 Å². The molecule has 0 saturated heterocycles. The van der Waals surface area contributed by atoms with E-state index in [0.717, 1.165) is 3.57 Å². The molecule has 0 fully saturated rings. The first-order valence-electron chi connectivity index (χ1n) is 10.1. The second-order valence-corrected chi connectivity index (χ2v) is 10.7. The first kappa shape index (κ1) is 24.2. The molecule has 33 heavy (non-hydrogen) atoms. The lowest BCUT2D eigenvalue weighted by molar-refractivity contribution is -0.154. The van der Waals surface area contributed by atoms with E-state index in [9.17, 15) is 9.18 Å². The number of ether oxygens (including phenoxy) is 1. The van der Waals surface area contributed by atoms with Crippen molar-refractivity contribution in [2.45, 2.75) is 51.6 Å². The number of imidazole rings is 1. The average molecular weight is 605 g/mol. The third-order valence-corrected chi connectivity index (χ3v) is 6.08. The van der Waals surface area contributed by atoms with Crippen LogP contribution >= 0.6 is 45.8 Å². The molecule has 0 radical (unpaired) electrons. The Bertz CT molecular complexity index is 1290. The molecule has 1 aliphatic rings. The molecule has 11 heteroatoms. The minimum absolute atomic E-state index is 0.0207. The summed E-state index contributed by atoms with van der Waals surface area (Å²) in [6, 6.07) is 1.80. The number of rotatable bonds is 5. The van der Waals surface area contributed by atoms with Crippen LogP contribution in [0.4, 0.5) is 4.39 Å². The Hall–Kier alpha value is -1.98. The smallest absolute Gasteiger partial charge is 0.306 e. The molecule has 0 saturated carbocycles. The summed E-state index contributed by atoms with van der Waals surface area (Å²) in [5, 5.41) is 4.86. The molecule has 0 N–H and O–H groups in total. The van der Waals surface area contributed by atoms with E-state index in [0.29, 0.717) is 27.0 Å². The van der Waals surface area contributed by atoms with Gasteiger partial charge < -0.3 is 13.7 Å². The summed E-state index contributed by atoms with van der Waals surface area (Å²) in [4.78, 5) is 20.8. The van der Waals surface area contributed by atoms with Crippen molar-refractivity contribution >= 4 is 57.4 Å². The minimum Gasteiger partial charge on any atom is -0.460 e. The number of allylic oxidation sites excluding steroid dienone is 4. The second kappa shape index (κ2) is 9.34. The van der Waals surface area contributed by atoms with Gasteiger partial charge in [-0.3, -0.25) is 4.79 Å². The highest BCUT2D eigenvalue weighted by atomic mass is 127. The number of hydrogen-bond acceptors (Lipinski definition) is 6. The van der Waals surface area contributed by atoms with Gasteiger partial charge in [-0.15, -0.1) is 0 Å². The van der Waals surface area contributed by atoms with Crippen LogP contribution in [0, 0.1) is 3.57 Å². The molecule has 0 spiro atoms. The zero-order valence-corrected chi connectivity index (χ0v) is 21.7. The SMILES string of the molecule is CC(C)(C)OC(=O)CCC1=C(F)CC(c2noc(-c3cn4cc(I)cc(Cl)c4n3)n2)C(Cl)=C1. The number of aromatic nitrogens is 4. The summed E-state index contributed by atoms with van der Waals surface area (Å²) < 4.78 is 28.2. The van der Waals surface area contributed by atoms with Crippen molar-refractivity contribution in [1.82, 2.24) is 19.5 Å². The van der Waals surface area contributed by atoms with Crippen LogP contribution in [0.2, 0.25) is 5.02 Å². The number of carbonyl (C=O) groups is 1. The highest BCUT2D eigenvalue weighted by Crippen LogP contribution is 2.40. The van der Waals surface area contributed by atoms with Gasteiger partial charge in [0.05, 0.1) is 10.9 Å². The Labute approximate surface area is 213 Å². The second-order valence-electron chi connectivity index (χ2n) is 8.62. The van der Waals surface area contributed by atoms with Crippen molar-refractivity contribution in [2.75, 3.05) is 0 Å². The highest BCUT2D eigenvalue weighted by molar-refractivity contribution is 14.1. The molecule has 7 nitrogen and oxygen atoms in total. The zero-order chi connectivity index (χ0) is 23.9. The average Bonchev–Trinajstić information content (AvgIpc) is 3.34. The van der Waals surface area contributed by atoms with Gasteiger partial charge in [0.25, 0.3) is 5.89 Å². The summed E-state index contributed by atoms with van der Waals surface area (Å²) in [6.07, 6.45) is 5.36. The van der Waals surface area contributed by atoms with E-state index in [1.165, 1.54) is 6.08 Å². The lowest BCUT2D eigenvalue weighted by Crippen LogP contribution is -2.23. The van der Waals surface area contributed by atoms with Crippen molar-refractivity contribution in [2.24, 2.45) is 0 Å². The standard InChI is InChI=1S/C22H20Cl2FIN4O3/c1-22(2,3)32-18(31)5-4-11-6-14(23)13(8-16(11)25)19-28-21(33-29-19)17-10-30-9-12(26)7-15(24)20(30)27-17/h6-7,9-10,13H,4-5,8H2,1-3H3. The quantitative estimate of drug-likeness (QED) is 0.241. The fourth-order valence-corrected chi connectivity index (χ4v) is 4.77. The lowest BCUT2D eigenvalue weighted by atomic mass is 9.92. The number of halogens is 4. The van der Waals surface area contributed by atoms with Gasteiger partial charge in [-0.2, -0.15) is 4.98 Å². The summed E-state index contributed by atoms with van der Waals surface area (Å²) in [5.41, 5.74) is 0.792. The van der Waals surface area contributed by atoms with Gasteiger partial charge in [-0.05, 0) is 67.5 Å². The van der Waals surface area contributed by atoms with Crippen molar-refractivity contribution in [3.8, 4) is 11.6 Å². The Morgan fingerprint density at radius 3 is 2.82 bits per heavy atom. The Kier molecular flexibility index (Phi) is 6.84. The largest absolute Gasteiger partial charge is 0.460 e. The van der Waals surface area contributed by atoms with Crippen LogP contribution < -0.4 is 0 Å².